The van der Waals surface area contributed by atoms with Gasteiger partial charge >= 0.3 is 0 Å². The third-order valence-electron chi connectivity index (χ3n) is 6.22. The van der Waals surface area contributed by atoms with Gasteiger partial charge in [-0.25, -0.2) is 4.68 Å². The number of para-hydroxylation sites is 1. The van der Waals surface area contributed by atoms with Gasteiger partial charge in [-0.2, -0.15) is 5.10 Å². The first-order valence-electron chi connectivity index (χ1n) is 11.0. The van der Waals surface area contributed by atoms with E-state index in [1.54, 1.807) is 6.08 Å². The molecule has 2 aliphatic heterocycles. The van der Waals surface area contributed by atoms with E-state index in [9.17, 15) is 9.59 Å². The van der Waals surface area contributed by atoms with Gasteiger partial charge in [-0.05, 0) is 44.9 Å². The zero-order chi connectivity index (χ0) is 21.8. The van der Waals surface area contributed by atoms with Gasteiger partial charge in [0.2, 0.25) is 11.8 Å². The first-order valence-corrected chi connectivity index (χ1v) is 11.0. The first-order chi connectivity index (χ1) is 15.0. The largest absolute Gasteiger partial charge is 0.378 e. The Hall–Kier alpha value is -2.93. The SMILES string of the molecule is Cc1nn(-c2ccccc2)c(C)c1/C=C/C(=O)N1CCC(C(=O)N2CCOCC2)CC1. The number of morpholine rings is 1. The van der Waals surface area contributed by atoms with E-state index in [1.165, 1.54) is 0 Å². The van der Waals surface area contributed by atoms with Crippen LogP contribution in [0.5, 0.6) is 0 Å². The highest BCUT2D eigenvalue weighted by Gasteiger charge is 2.30. The molecule has 0 atom stereocenters. The smallest absolute Gasteiger partial charge is 0.246 e. The molecule has 7 heteroatoms. The molecule has 4 rings (SSSR count). The van der Waals surface area contributed by atoms with Crippen LogP contribution in [0.15, 0.2) is 36.4 Å². The van der Waals surface area contributed by atoms with Crippen LogP contribution in [0.1, 0.15) is 29.8 Å². The predicted octanol–water partition coefficient (Wildman–Crippen LogP) is 2.60. The van der Waals surface area contributed by atoms with Crippen molar-refractivity contribution in [2.75, 3.05) is 39.4 Å². The van der Waals surface area contributed by atoms with Crippen molar-refractivity contribution in [3.05, 3.63) is 53.4 Å². The maximum absolute atomic E-state index is 12.7. The first kappa shape index (κ1) is 21.3. The van der Waals surface area contributed by atoms with Crippen molar-refractivity contribution >= 4 is 17.9 Å². The van der Waals surface area contributed by atoms with E-state index in [-0.39, 0.29) is 17.7 Å². The highest BCUT2D eigenvalue weighted by Crippen LogP contribution is 2.22. The van der Waals surface area contributed by atoms with Crippen LogP contribution in [0.25, 0.3) is 11.8 Å². The minimum atomic E-state index is -0.0106. The van der Waals surface area contributed by atoms with Crippen molar-refractivity contribution in [1.29, 1.82) is 0 Å². The number of piperidine rings is 1. The second-order valence-corrected chi connectivity index (χ2v) is 8.20. The second-order valence-electron chi connectivity index (χ2n) is 8.20. The standard InChI is InChI=1S/C24H30N4O3/c1-18-22(19(2)28(25-18)21-6-4-3-5-7-21)8-9-23(29)26-12-10-20(11-13-26)24(30)27-14-16-31-17-15-27/h3-9,20H,10-17H2,1-2H3/b9-8+. The van der Waals surface area contributed by atoms with Crippen LogP contribution >= 0.6 is 0 Å². The molecule has 0 spiro atoms. The number of ether oxygens (including phenoxy) is 1. The fourth-order valence-electron chi connectivity index (χ4n) is 4.37. The normalized spacial score (nSPS) is 18.0. The molecular weight excluding hydrogens is 392 g/mol. The Morgan fingerprint density at radius 3 is 2.35 bits per heavy atom. The third kappa shape index (κ3) is 4.71. The molecule has 0 bridgehead atoms. The number of likely N-dealkylation sites (tertiary alicyclic amines) is 1. The topological polar surface area (TPSA) is 67.7 Å². The van der Waals surface area contributed by atoms with E-state index in [0.717, 1.165) is 35.5 Å². The molecule has 1 aromatic heterocycles. The molecule has 31 heavy (non-hydrogen) atoms. The van der Waals surface area contributed by atoms with Gasteiger partial charge in [0.25, 0.3) is 0 Å². The molecule has 0 N–H and O–H groups in total. The number of carbonyl (C=O) groups is 2. The van der Waals surface area contributed by atoms with Gasteiger partial charge in [0.15, 0.2) is 0 Å². The van der Waals surface area contributed by atoms with Gasteiger partial charge in [0.1, 0.15) is 0 Å². The van der Waals surface area contributed by atoms with E-state index in [2.05, 4.69) is 5.10 Å². The molecular formula is C24H30N4O3. The Bertz CT molecular complexity index is 953. The highest BCUT2D eigenvalue weighted by atomic mass is 16.5. The van der Waals surface area contributed by atoms with Crippen LogP contribution < -0.4 is 0 Å². The van der Waals surface area contributed by atoms with Crippen LogP contribution in [-0.2, 0) is 14.3 Å². The molecule has 2 aromatic rings. The lowest BCUT2D eigenvalue weighted by Gasteiger charge is -2.35. The summed E-state index contributed by atoms with van der Waals surface area (Å²) in [4.78, 5) is 29.2. The minimum absolute atomic E-state index is 0.0106. The zero-order valence-electron chi connectivity index (χ0n) is 18.3. The van der Waals surface area contributed by atoms with Crippen molar-refractivity contribution in [1.82, 2.24) is 19.6 Å². The summed E-state index contributed by atoms with van der Waals surface area (Å²) in [6.45, 7) is 7.79. The molecule has 2 amide bonds. The Labute approximate surface area is 183 Å². The van der Waals surface area contributed by atoms with E-state index >= 15 is 0 Å². The average molecular weight is 423 g/mol. The molecule has 2 fully saturated rings. The van der Waals surface area contributed by atoms with Gasteiger partial charge in [-0.1, -0.05) is 18.2 Å². The number of carbonyl (C=O) groups excluding carboxylic acids is 2. The summed E-state index contributed by atoms with van der Waals surface area (Å²) in [6, 6.07) is 9.98. The summed E-state index contributed by atoms with van der Waals surface area (Å²) in [6.07, 6.45) is 4.94. The van der Waals surface area contributed by atoms with E-state index < -0.39 is 0 Å². The Morgan fingerprint density at radius 1 is 1.00 bits per heavy atom. The molecule has 1 aromatic carbocycles. The molecule has 0 saturated carbocycles. The lowest BCUT2D eigenvalue weighted by atomic mass is 9.95. The van der Waals surface area contributed by atoms with Gasteiger partial charge in [-0.3, -0.25) is 9.59 Å². The maximum Gasteiger partial charge on any atom is 0.246 e. The minimum Gasteiger partial charge on any atom is -0.378 e. The van der Waals surface area contributed by atoms with Crippen LogP contribution in [-0.4, -0.2) is 70.8 Å². The summed E-state index contributed by atoms with van der Waals surface area (Å²) < 4.78 is 7.24. The van der Waals surface area contributed by atoms with E-state index in [4.69, 9.17) is 4.74 Å². The van der Waals surface area contributed by atoms with Crippen molar-refractivity contribution < 1.29 is 14.3 Å². The molecule has 0 aliphatic carbocycles. The second kappa shape index (κ2) is 9.47. The summed E-state index contributed by atoms with van der Waals surface area (Å²) >= 11 is 0. The van der Waals surface area contributed by atoms with Gasteiger partial charge in [0, 0.05) is 49.4 Å². The number of nitrogens with zero attached hydrogens (tertiary/aromatic N) is 4. The predicted molar refractivity (Wildman–Crippen MR) is 119 cm³/mol. The molecule has 7 nitrogen and oxygen atoms in total. The molecule has 0 radical (unpaired) electrons. The number of aromatic nitrogens is 2. The van der Waals surface area contributed by atoms with Crippen molar-refractivity contribution in [3.63, 3.8) is 0 Å². The Morgan fingerprint density at radius 2 is 1.68 bits per heavy atom. The number of hydrogen-bond acceptors (Lipinski definition) is 4. The third-order valence-corrected chi connectivity index (χ3v) is 6.22. The number of rotatable bonds is 4. The Balaban J connectivity index is 1.36. The average Bonchev–Trinajstić information content (AvgIpc) is 3.11. The summed E-state index contributed by atoms with van der Waals surface area (Å²) in [7, 11) is 0. The zero-order valence-corrected chi connectivity index (χ0v) is 18.3. The summed E-state index contributed by atoms with van der Waals surface area (Å²) in [5.74, 6) is 0.216. The van der Waals surface area contributed by atoms with Crippen LogP contribution in [0.4, 0.5) is 0 Å². The van der Waals surface area contributed by atoms with Gasteiger partial charge in [-0.15, -0.1) is 0 Å². The lowest BCUT2D eigenvalue weighted by Crippen LogP contribution is -2.47. The maximum atomic E-state index is 12.7. The van der Waals surface area contributed by atoms with Crippen molar-refractivity contribution in [2.24, 2.45) is 5.92 Å². The van der Waals surface area contributed by atoms with Gasteiger partial charge < -0.3 is 14.5 Å². The summed E-state index contributed by atoms with van der Waals surface area (Å²) in [5, 5.41) is 4.63. The molecule has 2 aliphatic rings. The number of amides is 2. The van der Waals surface area contributed by atoms with E-state index in [1.807, 2.05) is 64.7 Å². The molecule has 2 saturated heterocycles. The number of hydrogen-bond donors (Lipinski definition) is 0. The van der Waals surface area contributed by atoms with E-state index in [0.29, 0.717) is 39.4 Å². The van der Waals surface area contributed by atoms with Crippen LogP contribution in [0.2, 0.25) is 0 Å². The number of benzene rings is 1. The molecule has 3 heterocycles. The molecule has 164 valence electrons. The molecule has 0 unspecified atom stereocenters. The van der Waals surface area contributed by atoms with Crippen LogP contribution in [0.3, 0.4) is 0 Å². The quantitative estimate of drug-likeness (QED) is 0.711. The lowest BCUT2D eigenvalue weighted by molar-refractivity contribution is -0.142. The Kier molecular flexibility index (Phi) is 6.51. The van der Waals surface area contributed by atoms with Crippen LogP contribution in [0, 0.1) is 19.8 Å². The highest BCUT2D eigenvalue weighted by molar-refractivity contribution is 5.92. The fourth-order valence-corrected chi connectivity index (χ4v) is 4.37. The fraction of sp³-hybridized carbons (Fsp3) is 0.458. The van der Waals surface area contributed by atoms with Gasteiger partial charge in [0.05, 0.1) is 24.6 Å². The summed E-state index contributed by atoms with van der Waals surface area (Å²) in [5.41, 5.74) is 3.86. The van der Waals surface area contributed by atoms with Crippen molar-refractivity contribution in [3.8, 4) is 5.69 Å². The van der Waals surface area contributed by atoms with Crippen molar-refractivity contribution in [2.45, 2.75) is 26.7 Å². The number of aryl methyl sites for hydroxylation is 1. The monoisotopic (exact) mass is 422 g/mol.